The van der Waals surface area contributed by atoms with Gasteiger partial charge < -0.3 is 15.5 Å². The zero-order chi connectivity index (χ0) is 13.1. The van der Waals surface area contributed by atoms with Gasteiger partial charge in [-0.1, -0.05) is 23.2 Å². The fourth-order valence-electron chi connectivity index (χ4n) is 2.20. The van der Waals surface area contributed by atoms with Crippen LogP contribution in [-0.4, -0.2) is 43.6 Å². The molecule has 2 N–H and O–H groups in total. The van der Waals surface area contributed by atoms with E-state index in [-0.39, 0.29) is 0 Å². The second-order valence-electron chi connectivity index (χ2n) is 4.70. The van der Waals surface area contributed by atoms with Crippen LogP contribution < -0.4 is 10.6 Å². The highest BCUT2D eigenvalue weighted by Gasteiger charge is 2.19. The fourth-order valence-corrected chi connectivity index (χ4v) is 2.72. The molecular formula is C12H18Cl2N4. The van der Waals surface area contributed by atoms with Gasteiger partial charge in [0.2, 0.25) is 0 Å². The summed E-state index contributed by atoms with van der Waals surface area (Å²) in [5.41, 5.74) is 0. The van der Waals surface area contributed by atoms with Crippen LogP contribution in [-0.2, 0) is 0 Å². The smallest absolute Gasteiger partial charge is 0.147 e. The number of halogens is 2. The molecule has 0 saturated carbocycles. The Labute approximate surface area is 118 Å². The second kappa shape index (κ2) is 5.95. The van der Waals surface area contributed by atoms with Gasteiger partial charge in [-0.15, -0.1) is 0 Å². The average Bonchev–Trinajstić information content (AvgIpc) is 2.74. The molecule has 4 nitrogen and oxygen atoms in total. The zero-order valence-corrected chi connectivity index (χ0v) is 12.1. The molecule has 1 aromatic heterocycles. The van der Waals surface area contributed by atoms with E-state index in [2.05, 4.69) is 27.6 Å². The summed E-state index contributed by atoms with van der Waals surface area (Å²) in [6.45, 7) is 3.18. The van der Waals surface area contributed by atoms with Crippen molar-refractivity contribution in [3.63, 3.8) is 0 Å². The molecule has 0 spiro atoms. The number of aromatic nitrogens is 1. The van der Waals surface area contributed by atoms with E-state index in [1.54, 1.807) is 13.1 Å². The normalized spacial score (nSPS) is 20.1. The summed E-state index contributed by atoms with van der Waals surface area (Å²) in [7, 11) is 3.93. The average molecular weight is 289 g/mol. The molecule has 1 unspecified atom stereocenters. The van der Waals surface area contributed by atoms with Gasteiger partial charge in [0.25, 0.3) is 0 Å². The second-order valence-corrected chi connectivity index (χ2v) is 5.51. The molecule has 1 saturated heterocycles. The van der Waals surface area contributed by atoms with Crippen LogP contribution in [0, 0.1) is 5.92 Å². The summed E-state index contributed by atoms with van der Waals surface area (Å²) >= 11 is 12.1. The maximum atomic E-state index is 6.12. The standard InChI is InChI=1S/C12H18Cl2N4/c1-15-11-9(13)5-10(14)12(17-11)16-6-8-3-4-18(2)7-8/h5,8H,3-4,6-7H2,1-2H3,(H2,15,16,17). The van der Waals surface area contributed by atoms with Gasteiger partial charge in [0.15, 0.2) is 0 Å². The first-order valence-corrected chi connectivity index (χ1v) is 6.82. The van der Waals surface area contributed by atoms with E-state index < -0.39 is 0 Å². The van der Waals surface area contributed by atoms with Crippen LogP contribution >= 0.6 is 23.2 Å². The molecule has 100 valence electrons. The minimum absolute atomic E-state index is 0.536. The number of likely N-dealkylation sites (tertiary alicyclic amines) is 1. The van der Waals surface area contributed by atoms with Gasteiger partial charge in [-0.3, -0.25) is 0 Å². The van der Waals surface area contributed by atoms with Crippen molar-refractivity contribution < 1.29 is 0 Å². The van der Waals surface area contributed by atoms with Gasteiger partial charge in [0, 0.05) is 20.1 Å². The van der Waals surface area contributed by atoms with Crippen molar-refractivity contribution in [1.82, 2.24) is 9.88 Å². The number of pyridine rings is 1. The summed E-state index contributed by atoms with van der Waals surface area (Å²) < 4.78 is 0. The Hall–Kier alpha value is -0.710. The SMILES string of the molecule is CNc1nc(NCC2CCN(C)C2)c(Cl)cc1Cl. The van der Waals surface area contributed by atoms with Crippen molar-refractivity contribution in [1.29, 1.82) is 0 Å². The number of rotatable bonds is 4. The lowest BCUT2D eigenvalue weighted by Gasteiger charge is -2.14. The molecule has 6 heteroatoms. The van der Waals surface area contributed by atoms with Crippen molar-refractivity contribution in [2.24, 2.45) is 5.92 Å². The van der Waals surface area contributed by atoms with Crippen LogP contribution in [0.1, 0.15) is 6.42 Å². The Bertz CT molecular complexity index is 425. The lowest BCUT2D eigenvalue weighted by molar-refractivity contribution is 0.399. The molecule has 0 aromatic carbocycles. The monoisotopic (exact) mass is 288 g/mol. The molecule has 2 rings (SSSR count). The maximum absolute atomic E-state index is 6.12. The topological polar surface area (TPSA) is 40.2 Å². The van der Waals surface area contributed by atoms with Gasteiger partial charge in [-0.05, 0) is 32.0 Å². The Morgan fingerprint density at radius 1 is 1.39 bits per heavy atom. The van der Waals surface area contributed by atoms with Crippen molar-refractivity contribution in [3.8, 4) is 0 Å². The van der Waals surface area contributed by atoms with E-state index >= 15 is 0 Å². The van der Waals surface area contributed by atoms with Gasteiger partial charge in [0.05, 0.1) is 10.0 Å². The highest BCUT2D eigenvalue weighted by atomic mass is 35.5. The van der Waals surface area contributed by atoms with Gasteiger partial charge in [-0.2, -0.15) is 0 Å². The predicted octanol–water partition coefficient (Wildman–Crippen LogP) is 2.79. The third kappa shape index (κ3) is 3.19. The van der Waals surface area contributed by atoms with Crippen molar-refractivity contribution in [3.05, 3.63) is 16.1 Å². The van der Waals surface area contributed by atoms with E-state index in [4.69, 9.17) is 23.2 Å². The Kier molecular flexibility index (Phi) is 4.54. The van der Waals surface area contributed by atoms with Crippen LogP contribution in [0.5, 0.6) is 0 Å². The largest absolute Gasteiger partial charge is 0.372 e. The van der Waals surface area contributed by atoms with E-state index in [0.29, 0.717) is 27.6 Å². The summed E-state index contributed by atoms with van der Waals surface area (Å²) in [5.74, 6) is 1.99. The first-order valence-electron chi connectivity index (χ1n) is 6.06. The molecule has 1 aromatic rings. The minimum Gasteiger partial charge on any atom is -0.372 e. The third-order valence-electron chi connectivity index (χ3n) is 3.21. The summed E-state index contributed by atoms with van der Waals surface area (Å²) in [4.78, 5) is 6.71. The zero-order valence-electron chi connectivity index (χ0n) is 10.6. The number of nitrogens with one attached hydrogen (secondary N) is 2. The third-order valence-corrected chi connectivity index (χ3v) is 3.79. The Morgan fingerprint density at radius 3 is 2.72 bits per heavy atom. The first kappa shape index (κ1) is 13.7. The van der Waals surface area contributed by atoms with E-state index in [1.165, 1.54) is 6.42 Å². The van der Waals surface area contributed by atoms with Crippen LogP contribution in [0.3, 0.4) is 0 Å². The van der Waals surface area contributed by atoms with E-state index in [1.807, 2.05) is 0 Å². The van der Waals surface area contributed by atoms with Gasteiger partial charge >= 0.3 is 0 Å². The molecule has 0 bridgehead atoms. The number of hydrogen-bond acceptors (Lipinski definition) is 4. The van der Waals surface area contributed by atoms with Crippen LogP contribution in [0.25, 0.3) is 0 Å². The Morgan fingerprint density at radius 2 is 2.11 bits per heavy atom. The quantitative estimate of drug-likeness (QED) is 0.894. The summed E-state index contributed by atoms with van der Waals surface area (Å²) in [6, 6.07) is 1.71. The first-order chi connectivity index (χ1) is 8.60. The molecule has 1 aliphatic rings. The lowest BCUT2D eigenvalue weighted by atomic mass is 10.1. The molecule has 0 amide bonds. The number of hydrogen-bond donors (Lipinski definition) is 2. The van der Waals surface area contributed by atoms with E-state index in [0.717, 1.165) is 19.6 Å². The molecule has 1 atom stereocenters. The molecule has 1 aliphatic heterocycles. The van der Waals surface area contributed by atoms with Crippen LogP contribution in [0.15, 0.2) is 6.07 Å². The molecule has 0 radical (unpaired) electrons. The maximum Gasteiger partial charge on any atom is 0.147 e. The van der Waals surface area contributed by atoms with Gasteiger partial charge in [-0.25, -0.2) is 4.98 Å². The minimum atomic E-state index is 0.536. The molecule has 1 fully saturated rings. The van der Waals surface area contributed by atoms with Gasteiger partial charge in [0.1, 0.15) is 11.6 Å². The highest BCUT2D eigenvalue weighted by molar-refractivity contribution is 6.37. The molecular weight excluding hydrogens is 271 g/mol. The fraction of sp³-hybridized carbons (Fsp3) is 0.583. The molecule has 18 heavy (non-hydrogen) atoms. The van der Waals surface area contributed by atoms with Crippen molar-refractivity contribution in [2.75, 3.05) is 44.4 Å². The summed E-state index contributed by atoms with van der Waals surface area (Å²) in [5, 5.41) is 7.35. The Balaban J connectivity index is 2.00. The van der Waals surface area contributed by atoms with Crippen LogP contribution in [0.4, 0.5) is 11.6 Å². The lowest BCUT2D eigenvalue weighted by Crippen LogP contribution is -2.19. The molecule has 2 heterocycles. The van der Waals surface area contributed by atoms with Crippen LogP contribution in [0.2, 0.25) is 10.0 Å². The number of anilines is 2. The highest BCUT2D eigenvalue weighted by Crippen LogP contribution is 2.29. The summed E-state index contributed by atoms with van der Waals surface area (Å²) in [6.07, 6.45) is 1.22. The van der Waals surface area contributed by atoms with E-state index in [9.17, 15) is 0 Å². The number of nitrogens with zero attached hydrogens (tertiary/aromatic N) is 2. The van der Waals surface area contributed by atoms with Crippen molar-refractivity contribution >= 4 is 34.8 Å². The predicted molar refractivity (Wildman–Crippen MR) is 77.9 cm³/mol. The molecule has 0 aliphatic carbocycles. The van der Waals surface area contributed by atoms with Crippen molar-refractivity contribution in [2.45, 2.75) is 6.42 Å².